The van der Waals surface area contributed by atoms with Crippen molar-refractivity contribution in [2.24, 2.45) is 5.92 Å². The third kappa shape index (κ3) is 6.07. The van der Waals surface area contributed by atoms with Gasteiger partial charge in [0, 0.05) is 43.6 Å². The molecule has 2 aromatic rings. The molecule has 1 atom stereocenters. The van der Waals surface area contributed by atoms with Crippen molar-refractivity contribution >= 4 is 17.9 Å². The predicted octanol–water partition coefficient (Wildman–Crippen LogP) is 5.18. The van der Waals surface area contributed by atoms with Crippen molar-refractivity contribution in [2.45, 2.75) is 51.4 Å². The number of hydrogen-bond donors (Lipinski definition) is 2. The number of aromatic nitrogens is 2. The molecule has 1 aromatic heterocycles. The van der Waals surface area contributed by atoms with Gasteiger partial charge in [0.25, 0.3) is 11.7 Å². The predicted molar refractivity (Wildman–Crippen MR) is 125 cm³/mol. The Kier molecular flexibility index (Phi) is 7.20. The Morgan fingerprint density at radius 3 is 2.37 bits per heavy atom. The molecule has 0 saturated carbocycles. The van der Waals surface area contributed by atoms with Crippen LogP contribution in [-0.4, -0.2) is 56.4 Å². The van der Waals surface area contributed by atoms with Crippen LogP contribution in [0.4, 0.5) is 9.59 Å². The molecule has 1 aromatic carbocycles. The van der Waals surface area contributed by atoms with Crippen LogP contribution in [0.1, 0.15) is 50.5 Å². The van der Waals surface area contributed by atoms with E-state index < -0.39 is 18.1 Å². The van der Waals surface area contributed by atoms with E-state index in [1.165, 1.54) is 5.57 Å². The summed E-state index contributed by atoms with van der Waals surface area (Å²) in [6.07, 6.45) is 2.17. The molecule has 0 bridgehead atoms. The SMILES string of the molecule is C=C(C)C1CC=C(c2nc(-c3ccc(CN4CCC(OC(=O)O)(OC(=O)O)CC4)cc3)no2)CC1. The molecule has 0 spiro atoms. The van der Waals surface area contributed by atoms with E-state index in [1.807, 2.05) is 24.3 Å². The molecule has 0 radical (unpaired) electrons. The summed E-state index contributed by atoms with van der Waals surface area (Å²) in [5.41, 5.74) is 4.18. The molecule has 2 aliphatic rings. The number of carbonyl (C=O) groups is 2. The van der Waals surface area contributed by atoms with Crippen molar-refractivity contribution in [3.05, 3.63) is 53.9 Å². The molecule has 0 amide bonds. The van der Waals surface area contributed by atoms with Gasteiger partial charge in [-0.2, -0.15) is 4.98 Å². The fourth-order valence-corrected chi connectivity index (χ4v) is 4.56. The van der Waals surface area contributed by atoms with Crippen molar-refractivity contribution in [3.8, 4) is 11.4 Å². The van der Waals surface area contributed by atoms with Crippen LogP contribution in [0.25, 0.3) is 17.0 Å². The van der Waals surface area contributed by atoms with E-state index in [1.54, 1.807) is 0 Å². The lowest BCUT2D eigenvalue weighted by Crippen LogP contribution is -2.49. The molecule has 2 heterocycles. The number of nitrogens with zero attached hydrogens (tertiary/aromatic N) is 3. The summed E-state index contributed by atoms with van der Waals surface area (Å²) >= 11 is 0. The fraction of sp³-hybridized carbons (Fsp3) is 0.440. The van der Waals surface area contributed by atoms with Crippen LogP contribution in [0.3, 0.4) is 0 Å². The van der Waals surface area contributed by atoms with Gasteiger partial charge in [0.2, 0.25) is 5.82 Å². The normalized spacial score (nSPS) is 20.0. The summed E-state index contributed by atoms with van der Waals surface area (Å²) < 4.78 is 15.1. The molecule has 1 fully saturated rings. The van der Waals surface area contributed by atoms with Crippen molar-refractivity contribution in [1.82, 2.24) is 15.0 Å². The van der Waals surface area contributed by atoms with Crippen molar-refractivity contribution < 1.29 is 33.8 Å². The van der Waals surface area contributed by atoms with Crippen LogP contribution in [0.2, 0.25) is 0 Å². The van der Waals surface area contributed by atoms with E-state index in [0.717, 1.165) is 36.0 Å². The van der Waals surface area contributed by atoms with Gasteiger partial charge in [-0.1, -0.05) is 47.7 Å². The molecule has 1 aliphatic heterocycles. The average molecular weight is 484 g/mol. The Labute approximate surface area is 202 Å². The third-order valence-corrected chi connectivity index (χ3v) is 6.59. The molecule has 2 N–H and O–H groups in total. The van der Waals surface area contributed by atoms with Gasteiger partial charge in [-0.3, -0.25) is 4.90 Å². The van der Waals surface area contributed by atoms with Gasteiger partial charge in [-0.25, -0.2) is 9.59 Å². The first-order valence-electron chi connectivity index (χ1n) is 11.6. The highest BCUT2D eigenvalue weighted by Crippen LogP contribution is 2.33. The van der Waals surface area contributed by atoms with Crippen molar-refractivity contribution in [3.63, 3.8) is 0 Å². The number of piperidine rings is 1. The second-order valence-corrected chi connectivity index (χ2v) is 9.09. The number of ether oxygens (including phenoxy) is 2. The van der Waals surface area contributed by atoms with E-state index in [4.69, 9.17) is 24.2 Å². The first-order chi connectivity index (χ1) is 16.7. The van der Waals surface area contributed by atoms with Crippen molar-refractivity contribution in [2.75, 3.05) is 13.1 Å². The Bertz CT molecular complexity index is 1100. The first kappa shape index (κ1) is 24.5. The Morgan fingerprint density at radius 2 is 1.83 bits per heavy atom. The van der Waals surface area contributed by atoms with Gasteiger partial charge in [-0.15, -0.1) is 0 Å². The molecule has 10 nitrogen and oxygen atoms in total. The Balaban J connectivity index is 1.34. The summed E-state index contributed by atoms with van der Waals surface area (Å²) in [6, 6.07) is 7.83. The molecule has 1 saturated heterocycles. The molecule has 4 rings (SSSR count). The van der Waals surface area contributed by atoms with E-state index >= 15 is 0 Å². The van der Waals surface area contributed by atoms with Gasteiger partial charge in [0.1, 0.15) is 0 Å². The van der Waals surface area contributed by atoms with E-state index in [9.17, 15) is 9.59 Å². The summed E-state index contributed by atoms with van der Waals surface area (Å²) in [4.78, 5) is 28.6. The minimum absolute atomic E-state index is 0.123. The number of hydrogen-bond acceptors (Lipinski definition) is 8. The highest BCUT2D eigenvalue weighted by molar-refractivity contribution is 5.63. The van der Waals surface area contributed by atoms with Crippen LogP contribution < -0.4 is 0 Å². The summed E-state index contributed by atoms with van der Waals surface area (Å²) in [5.74, 6) is -0.0467. The maximum absolute atomic E-state index is 11.0. The highest BCUT2D eigenvalue weighted by atomic mass is 16.8. The zero-order valence-electron chi connectivity index (χ0n) is 19.6. The second-order valence-electron chi connectivity index (χ2n) is 9.09. The van der Waals surface area contributed by atoms with Crippen LogP contribution in [-0.2, 0) is 16.0 Å². The number of allylic oxidation sites excluding steroid dienone is 3. The molecule has 186 valence electrons. The van der Waals surface area contributed by atoms with Gasteiger partial charge in [0.05, 0.1) is 0 Å². The highest BCUT2D eigenvalue weighted by Gasteiger charge is 2.42. The van der Waals surface area contributed by atoms with E-state index in [0.29, 0.717) is 37.3 Å². The van der Waals surface area contributed by atoms with E-state index in [2.05, 4.69) is 34.6 Å². The Morgan fingerprint density at radius 1 is 1.17 bits per heavy atom. The first-order valence-corrected chi connectivity index (χ1v) is 11.6. The Hall–Kier alpha value is -3.66. The van der Waals surface area contributed by atoms with Gasteiger partial charge >= 0.3 is 12.3 Å². The minimum Gasteiger partial charge on any atom is -0.450 e. The van der Waals surface area contributed by atoms with E-state index in [-0.39, 0.29) is 12.8 Å². The molecule has 1 aliphatic carbocycles. The zero-order valence-corrected chi connectivity index (χ0v) is 19.6. The molecule has 1 unspecified atom stereocenters. The van der Waals surface area contributed by atoms with Crippen LogP contribution in [0.5, 0.6) is 0 Å². The number of likely N-dealkylation sites (tertiary alicyclic amines) is 1. The average Bonchev–Trinajstić information content (AvgIpc) is 3.31. The quantitative estimate of drug-likeness (QED) is 0.308. The molecular weight excluding hydrogens is 454 g/mol. The largest absolute Gasteiger partial charge is 0.509 e. The lowest BCUT2D eigenvalue weighted by atomic mass is 9.85. The summed E-state index contributed by atoms with van der Waals surface area (Å²) in [6.45, 7) is 7.59. The third-order valence-electron chi connectivity index (χ3n) is 6.59. The topological polar surface area (TPSA) is 135 Å². The minimum atomic E-state index is -1.66. The smallest absolute Gasteiger partial charge is 0.450 e. The van der Waals surface area contributed by atoms with Crippen LogP contribution in [0, 0.1) is 5.92 Å². The molecule has 35 heavy (non-hydrogen) atoms. The summed E-state index contributed by atoms with van der Waals surface area (Å²) in [7, 11) is 0. The zero-order chi connectivity index (χ0) is 25.0. The van der Waals surface area contributed by atoms with Gasteiger partial charge in [0.15, 0.2) is 0 Å². The van der Waals surface area contributed by atoms with Crippen LogP contribution >= 0.6 is 0 Å². The summed E-state index contributed by atoms with van der Waals surface area (Å²) in [5, 5.41) is 22.0. The van der Waals surface area contributed by atoms with Gasteiger partial charge < -0.3 is 24.2 Å². The fourth-order valence-electron chi connectivity index (χ4n) is 4.56. The molecular formula is C25H29N3O7. The maximum Gasteiger partial charge on any atom is 0.509 e. The monoisotopic (exact) mass is 483 g/mol. The lowest BCUT2D eigenvalue weighted by Gasteiger charge is -2.38. The number of rotatable bonds is 7. The number of carboxylic acid groups (broad SMARTS) is 2. The number of benzene rings is 1. The maximum atomic E-state index is 11.0. The lowest BCUT2D eigenvalue weighted by molar-refractivity contribution is -0.205. The second kappa shape index (κ2) is 10.3. The van der Waals surface area contributed by atoms with Crippen molar-refractivity contribution in [1.29, 1.82) is 0 Å². The molecule has 10 heteroatoms. The van der Waals surface area contributed by atoms with Gasteiger partial charge in [-0.05, 0) is 37.7 Å². The standard InChI is InChI=1S/C25H29N3O7/c1-16(2)18-7-9-20(10-8-18)22-26-21(27-35-22)19-5-3-17(4-6-19)15-28-13-11-25(12-14-28,33-23(29)30)34-24(31)32/h3-6,9,18H,1,7-8,10-15H2,2H3,(H,29,30)(H,31,32). The van der Waals surface area contributed by atoms with Crippen LogP contribution in [0.15, 0.2) is 47.0 Å².